The van der Waals surface area contributed by atoms with Crippen LogP contribution in [0.15, 0.2) is 24.5 Å². The van der Waals surface area contributed by atoms with E-state index in [9.17, 15) is 4.79 Å². The predicted octanol–water partition coefficient (Wildman–Crippen LogP) is 2.41. The number of pyridine rings is 2. The van der Waals surface area contributed by atoms with Crippen LogP contribution >= 0.6 is 0 Å². The molecule has 0 atom stereocenters. The average molecular weight is 301 g/mol. The average Bonchev–Trinajstić information content (AvgIpc) is 2.48. The predicted molar refractivity (Wildman–Crippen MR) is 86.2 cm³/mol. The molecular formula is C15H19N5O2. The van der Waals surface area contributed by atoms with E-state index in [2.05, 4.69) is 20.6 Å². The van der Waals surface area contributed by atoms with E-state index < -0.39 is 0 Å². The van der Waals surface area contributed by atoms with Gasteiger partial charge in [-0.15, -0.1) is 0 Å². The van der Waals surface area contributed by atoms with Crippen LogP contribution in [-0.2, 0) is 11.2 Å². The first kappa shape index (κ1) is 15.6. The van der Waals surface area contributed by atoms with Crippen molar-refractivity contribution >= 4 is 23.2 Å². The highest BCUT2D eigenvalue weighted by Gasteiger charge is 2.13. The van der Waals surface area contributed by atoms with Crippen LogP contribution in [0.3, 0.4) is 0 Å². The van der Waals surface area contributed by atoms with Gasteiger partial charge in [0.25, 0.3) is 0 Å². The fourth-order valence-electron chi connectivity index (χ4n) is 2.12. The van der Waals surface area contributed by atoms with Gasteiger partial charge in [0.1, 0.15) is 17.4 Å². The first-order valence-corrected chi connectivity index (χ1v) is 6.91. The van der Waals surface area contributed by atoms with Crippen molar-refractivity contribution in [3.05, 3.63) is 30.1 Å². The van der Waals surface area contributed by atoms with Crippen LogP contribution < -0.4 is 21.1 Å². The second kappa shape index (κ2) is 6.75. The molecule has 0 bridgehead atoms. The van der Waals surface area contributed by atoms with Crippen molar-refractivity contribution in [1.29, 1.82) is 0 Å². The molecule has 0 fully saturated rings. The molecule has 0 unspecified atom stereocenters. The minimum atomic E-state index is -0.189. The minimum Gasteiger partial charge on any atom is -0.455 e. The van der Waals surface area contributed by atoms with E-state index in [4.69, 9.17) is 10.5 Å². The van der Waals surface area contributed by atoms with Crippen LogP contribution in [0.4, 0.5) is 17.3 Å². The molecule has 4 N–H and O–H groups in total. The Bertz CT molecular complexity index is 688. The molecule has 0 saturated heterocycles. The van der Waals surface area contributed by atoms with Gasteiger partial charge in [-0.05, 0) is 12.5 Å². The van der Waals surface area contributed by atoms with Crippen LogP contribution in [0, 0.1) is 0 Å². The molecule has 1 amide bonds. The van der Waals surface area contributed by atoms with Crippen LogP contribution in [0.1, 0.15) is 19.4 Å². The summed E-state index contributed by atoms with van der Waals surface area (Å²) in [6.45, 7) is 3.44. The number of aromatic nitrogens is 2. The lowest BCUT2D eigenvalue weighted by Gasteiger charge is -2.15. The Morgan fingerprint density at radius 2 is 2.18 bits per heavy atom. The quantitative estimate of drug-likeness (QED) is 0.783. The molecule has 2 aromatic heterocycles. The monoisotopic (exact) mass is 301 g/mol. The lowest BCUT2D eigenvalue weighted by atomic mass is 10.1. The van der Waals surface area contributed by atoms with Crippen LogP contribution in [0.2, 0.25) is 0 Å². The highest BCUT2D eigenvalue weighted by atomic mass is 16.5. The van der Waals surface area contributed by atoms with Gasteiger partial charge in [-0.3, -0.25) is 4.79 Å². The molecule has 116 valence electrons. The van der Waals surface area contributed by atoms with Gasteiger partial charge < -0.3 is 21.1 Å². The first-order chi connectivity index (χ1) is 10.5. The number of rotatable bonds is 5. The number of nitrogens with one attached hydrogen (secondary N) is 2. The van der Waals surface area contributed by atoms with Gasteiger partial charge >= 0.3 is 0 Å². The summed E-state index contributed by atoms with van der Waals surface area (Å²) in [6.07, 6.45) is 3.89. The Morgan fingerprint density at radius 3 is 2.82 bits per heavy atom. The second-order valence-corrected chi connectivity index (χ2v) is 4.62. The third-order valence-corrected chi connectivity index (χ3v) is 3.04. The molecule has 2 heterocycles. The molecule has 2 rings (SSSR count). The Hall–Kier alpha value is -2.83. The van der Waals surface area contributed by atoms with E-state index in [1.165, 1.54) is 6.92 Å². The standard InChI is InChI=1S/C15H19N5O2/c1-4-11-12(8-19-15(16)14(11)17-3)22-10-5-6-18-13(7-10)20-9(2)21/h5-8,17H,4H2,1-3H3,(H2,16,19)(H,18,20,21). The number of anilines is 3. The summed E-state index contributed by atoms with van der Waals surface area (Å²) < 4.78 is 5.87. The van der Waals surface area contributed by atoms with Crippen molar-refractivity contribution in [3.8, 4) is 11.5 Å². The lowest BCUT2D eigenvalue weighted by molar-refractivity contribution is -0.114. The number of carbonyl (C=O) groups is 1. The van der Waals surface area contributed by atoms with Crippen LogP contribution in [-0.4, -0.2) is 22.9 Å². The summed E-state index contributed by atoms with van der Waals surface area (Å²) in [7, 11) is 1.79. The molecule has 0 radical (unpaired) electrons. The van der Waals surface area contributed by atoms with E-state index in [0.29, 0.717) is 23.1 Å². The topological polar surface area (TPSA) is 102 Å². The van der Waals surface area contributed by atoms with E-state index in [1.807, 2.05) is 6.92 Å². The Kier molecular flexibility index (Phi) is 4.77. The zero-order valence-electron chi connectivity index (χ0n) is 12.8. The third kappa shape index (κ3) is 3.43. The number of ether oxygens (including phenoxy) is 1. The molecule has 0 saturated carbocycles. The van der Waals surface area contributed by atoms with Gasteiger partial charge in [0, 0.05) is 31.8 Å². The van der Waals surface area contributed by atoms with E-state index in [1.54, 1.807) is 31.6 Å². The Labute approximate surface area is 128 Å². The summed E-state index contributed by atoms with van der Waals surface area (Å²) in [4.78, 5) is 19.3. The number of hydrogen-bond donors (Lipinski definition) is 3. The maximum absolute atomic E-state index is 11.1. The smallest absolute Gasteiger partial charge is 0.222 e. The Balaban J connectivity index is 2.33. The van der Waals surface area contributed by atoms with Gasteiger partial charge in [0.15, 0.2) is 5.75 Å². The SMILES string of the molecule is CCc1c(Oc2ccnc(NC(C)=O)c2)cnc(N)c1NC. The lowest BCUT2D eigenvalue weighted by Crippen LogP contribution is -2.07. The number of nitrogens with two attached hydrogens (primary N) is 1. The molecule has 2 aromatic rings. The maximum Gasteiger partial charge on any atom is 0.222 e. The number of amides is 1. The molecule has 22 heavy (non-hydrogen) atoms. The van der Waals surface area contributed by atoms with Crippen LogP contribution in [0.25, 0.3) is 0 Å². The highest BCUT2D eigenvalue weighted by molar-refractivity contribution is 5.87. The number of carbonyl (C=O) groups excluding carboxylic acids is 1. The number of hydrogen-bond acceptors (Lipinski definition) is 6. The van der Waals surface area contributed by atoms with Crippen molar-refractivity contribution in [3.63, 3.8) is 0 Å². The second-order valence-electron chi connectivity index (χ2n) is 4.62. The summed E-state index contributed by atoms with van der Waals surface area (Å²) in [6, 6.07) is 3.36. The van der Waals surface area contributed by atoms with Crippen molar-refractivity contribution in [2.75, 3.05) is 23.4 Å². The zero-order valence-corrected chi connectivity index (χ0v) is 12.8. The van der Waals surface area contributed by atoms with Crippen molar-refractivity contribution in [2.45, 2.75) is 20.3 Å². The van der Waals surface area contributed by atoms with E-state index in [-0.39, 0.29) is 5.91 Å². The van der Waals surface area contributed by atoms with Gasteiger partial charge in [-0.2, -0.15) is 0 Å². The maximum atomic E-state index is 11.1. The molecule has 0 aliphatic rings. The minimum absolute atomic E-state index is 0.189. The van der Waals surface area contributed by atoms with E-state index >= 15 is 0 Å². The summed E-state index contributed by atoms with van der Waals surface area (Å²) in [5.74, 6) is 1.84. The van der Waals surface area contributed by atoms with Gasteiger partial charge in [-0.25, -0.2) is 9.97 Å². The zero-order chi connectivity index (χ0) is 16.1. The number of nitrogens with zero attached hydrogens (tertiary/aromatic N) is 2. The third-order valence-electron chi connectivity index (χ3n) is 3.04. The summed E-state index contributed by atoms with van der Waals surface area (Å²) >= 11 is 0. The van der Waals surface area contributed by atoms with Gasteiger partial charge in [0.2, 0.25) is 5.91 Å². The van der Waals surface area contributed by atoms with Crippen molar-refractivity contribution < 1.29 is 9.53 Å². The highest BCUT2D eigenvalue weighted by Crippen LogP contribution is 2.33. The van der Waals surface area contributed by atoms with Crippen LogP contribution in [0.5, 0.6) is 11.5 Å². The Morgan fingerprint density at radius 1 is 1.41 bits per heavy atom. The molecular weight excluding hydrogens is 282 g/mol. The molecule has 0 aliphatic heterocycles. The van der Waals surface area contributed by atoms with Gasteiger partial charge in [0.05, 0.1) is 11.9 Å². The fraction of sp³-hybridized carbons (Fsp3) is 0.267. The van der Waals surface area contributed by atoms with E-state index in [0.717, 1.165) is 17.7 Å². The number of nitrogen functional groups attached to an aromatic ring is 1. The molecule has 0 aliphatic carbocycles. The first-order valence-electron chi connectivity index (χ1n) is 6.91. The summed E-state index contributed by atoms with van der Waals surface area (Å²) in [5.41, 5.74) is 7.56. The van der Waals surface area contributed by atoms with Crippen molar-refractivity contribution in [2.24, 2.45) is 0 Å². The summed E-state index contributed by atoms with van der Waals surface area (Å²) in [5, 5.41) is 5.65. The molecule has 0 spiro atoms. The largest absolute Gasteiger partial charge is 0.455 e. The normalized spacial score (nSPS) is 10.1. The van der Waals surface area contributed by atoms with Crippen molar-refractivity contribution in [1.82, 2.24) is 9.97 Å². The molecule has 7 heteroatoms. The molecule has 0 aromatic carbocycles. The fourth-order valence-corrected chi connectivity index (χ4v) is 2.12. The molecule has 7 nitrogen and oxygen atoms in total. The van der Waals surface area contributed by atoms with Gasteiger partial charge in [-0.1, -0.05) is 6.92 Å².